The molecule has 2 aromatic carbocycles. The molecule has 1 aliphatic rings. The van der Waals surface area contributed by atoms with Crippen molar-refractivity contribution in [2.45, 2.75) is 31.7 Å². The van der Waals surface area contributed by atoms with E-state index in [1.807, 2.05) is 24.3 Å². The number of hydrogen-bond acceptors (Lipinski definition) is 1. The van der Waals surface area contributed by atoms with Gasteiger partial charge in [-0.25, -0.2) is 0 Å². The smallest absolute Gasteiger partial charge is 0.0407 e. The maximum atomic E-state index is 5.88. The lowest BCUT2D eigenvalue weighted by Gasteiger charge is -2.37. The molecule has 98 valence electrons. The predicted molar refractivity (Wildman–Crippen MR) is 82.0 cm³/mol. The normalized spacial score (nSPS) is 21.8. The van der Waals surface area contributed by atoms with Crippen LogP contribution in [0.4, 0.5) is 5.69 Å². The zero-order valence-electron chi connectivity index (χ0n) is 11.1. The molecule has 19 heavy (non-hydrogen) atoms. The van der Waals surface area contributed by atoms with Gasteiger partial charge in [0.05, 0.1) is 0 Å². The highest BCUT2D eigenvalue weighted by molar-refractivity contribution is 6.30. The molecule has 0 aliphatic heterocycles. The van der Waals surface area contributed by atoms with Gasteiger partial charge in [-0.05, 0) is 55.5 Å². The lowest BCUT2D eigenvalue weighted by atomic mass is 9.75. The topological polar surface area (TPSA) is 12.0 Å². The highest BCUT2D eigenvalue weighted by Crippen LogP contribution is 2.38. The Balaban J connectivity index is 1.55. The number of benzene rings is 2. The number of nitrogens with one attached hydrogen (secondary N) is 1. The molecular formula is C17H18ClN. The minimum atomic E-state index is 0.590. The summed E-state index contributed by atoms with van der Waals surface area (Å²) in [6.45, 7) is 2.13. The minimum absolute atomic E-state index is 0.590. The van der Waals surface area contributed by atoms with E-state index in [-0.39, 0.29) is 0 Å². The second-order valence-electron chi connectivity index (χ2n) is 5.43. The van der Waals surface area contributed by atoms with E-state index in [1.165, 1.54) is 24.0 Å². The molecule has 0 bridgehead atoms. The van der Waals surface area contributed by atoms with E-state index in [1.54, 1.807) is 0 Å². The van der Waals surface area contributed by atoms with Crippen molar-refractivity contribution >= 4 is 17.3 Å². The van der Waals surface area contributed by atoms with E-state index in [9.17, 15) is 0 Å². The van der Waals surface area contributed by atoms with Crippen molar-refractivity contribution in [2.24, 2.45) is 0 Å². The highest BCUT2D eigenvalue weighted by Gasteiger charge is 2.29. The summed E-state index contributed by atoms with van der Waals surface area (Å²) in [5.74, 6) is 0.713. The summed E-state index contributed by atoms with van der Waals surface area (Å²) >= 11 is 5.88. The van der Waals surface area contributed by atoms with Crippen LogP contribution in [-0.4, -0.2) is 6.04 Å². The van der Waals surface area contributed by atoms with Gasteiger partial charge in [0.25, 0.3) is 0 Å². The van der Waals surface area contributed by atoms with Gasteiger partial charge >= 0.3 is 0 Å². The molecule has 0 spiro atoms. The fourth-order valence-corrected chi connectivity index (χ4v) is 2.75. The largest absolute Gasteiger partial charge is 0.382 e. The molecule has 0 amide bonds. The molecule has 1 N–H and O–H groups in total. The van der Waals surface area contributed by atoms with Gasteiger partial charge in [0.2, 0.25) is 0 Å². The van der Waals surface area contributed by atoms with Crippen LogP contribution < -0.4 is 5.32 Å². The number of aryl methyl sites for hydroxylation is 1. The summed E-state index contributed by atoms with van der Waals surface area (Å²) in [6, 6.07) is 17.5. The van der Waals surface area contributed by atoms with Crippen molar-refractivity contribution in [3.8, 4) is 0 Å². The summed E-state index contributed by atoms with van der Waals surface area (Å²) in [5, 5.41) is 4.35. The first-order chi connectivity index (χ1) is 9.20. The van der Waals surface area contributed by atoms with Crippen LogP contribution in [0.1, 0.15) is 29.9 Å². The Bertz CT molecular complexity index is 538. The van der Waals surface area contributed by atoms with Gasteiger partial charge in [0.15, 0.2) is 0 Å². The maximum absolute atomic E-state index is 5.88. The molecule has 1 fully saturated rings. The van der Waals surface area contributed by atoms with Crippen molar-refractivity contribution in [2.75, 3.05) is 5.32 Å². The van der Waals surface area contributed by atoms with Gasteiger partial charge in [-0.15, -0.1) is 0 Å². The molecule has 1 saturated carbocycles. The van der Waals surface area contributed by atoms with Gasteiger partial charge in [0, 0.05) is 16.8 Å². The Kier molecular flexibility index (Phi) is 3.48. The van der Waals surface area contributed by atoms with Gasteiger partial charge in [0.1, 0.15) is 0 Å². The van der Waals surface area contributed by atoms with Crippen LogP contribution in [0.3, 0.4) is 0 Å². The summed E-state index contributed by atoms with van der Waals surface area (Å²) < 4.78 is 0. The zero-order chi connectivity index (χ0) is 13.2. The molecule has 3 rings (SSSR count). The third-order valence-corrected chi connectivity index (χ3v) is 4.15. The molecular weight excluding hydrogens is 254 g/mol. The Morgan fingerprint density at radius 2 is 1.58 bits per heavy atom. The van der Waals surface area contributed by atoms with E-state index in [0.717, 1.165) is 10.7 Å². The zero-order valence-corrected chi connectivity index (χ0v) is 11.8. The molecule has 0 atom stereocenters. The third-order valence-electron chi connectivity index (χ3n) is 3.90. The molecule has 2 heteroatoms. The first-order valence-corrected chi connectivity index (χ1v) is 7.17. The summed E-state index contributed by atoms with van der Waals surface area (Å²) in [7, 11) is 0. The monoisotopic (exact) mass is 271 g/mol. The molecule has 0 radical (unpaired) electrons. The molecule has 1 aliphatic carbocycles. The number of hydrogen-bond donors (Lipinski definition) is 1. The first-order valence-electron chi connectivity index (χ1n) is 6.79. The van der Waals surface area contributed by atoms with E-state index in [0.29, 0.717) is 12.0 Å². The Morgan fingerprint density at radius 1 is 0.947 bits per heavy atom. The summed E-state index contributed by atoms with van der Waals surface area (Å²) in [6.07, 6.45) is 2.43. The fraction of sp³-hybridized carbons (Fsp3) is 0.294. The average molecular weight is 272 g/mol. The van der Waals surface area contributed by atoms with Gasteiger partial charge in [-0.2, -0.15) is 0 Å². The van der Waals surface area contributed by atoms with Crippen molar-refractivity contribution in [3.05, 3.63) is 64.7 Å². The van der Waals surface area contributed by atoms with Crippen LogP contribution in [0.5, 0.6) is 0 Å². The fourth-order valence-electron chi connectivity index (χ4n) is 2.63. The summed E-state index contributed by atoms with van der Waals surface area (Å²) in [4.78, 5) is 0. The lowest BCUT2D eigenvalue weighted by molar-refractivity contribution is 0.374. The Morgan fingerprint density at radius 3 is 2.21 bits per heavy atom. The van der Waals surface area contributed by atoms with Gasteiger partial charge in [-0.1, -0.05) is 41.4 Å². The SMILES string of the molecule is Cc1ccc(C2CC(Nc3ccc(Cl)cc3)C2)cc1. The van der Waals surface area contributed by atoms with Crippen molar-refractivity contribution in [3.63, 3.8) is 0 Å². The summed E-state index contributed by atoms with van der Waals surface area (Å²) in [5.41, 5.74) is 3.97. The van der Waals surface area contributed by atoms with Gasteiger partial charge in [-0.3, -0.25) is 0 Å². The standard InChI is InChI=1S/C17H18ClN/c1-12-2-4-13(5-3-12)14-10-17(11-14)19-16-8-6-15(18)7-9-16/h2-9,14,17,19H,10-11H2,1H3. The first kappa shape index (κ1) is 12.6. The van der Waals surface area contributed by atoms with E-state index in [4.69, 9.17) is 11.6 Å². The average Bonchev–Trinajstić information content (AvgIpc) is 2.37. The van der Waals surface area contributed by atoms with Crippen LogP contribution in [0, 0.1) is 6.92 Å². The van der Waals surface area contributed by atoms with Crippen molar-refractivity contribution in [1.29, 1.82) is 0 Å². The maximum Gasteiger partial charge on any atom is 0.0407 e. The second-order valence-corrected chi connectivity index (χ2v) is 5.86. The highest BCUT2D eigenvalue weighted by atomic mass is 35.5. The molecule has 0 aromatic heterocycles. The van der Waals surface area contributed by atoms with E-state index >= 15 is 0 Å². The quantitative estimate of drug-likeness (QED) is 0.828. The minimum Gasteiger partial charge on any atom is -0.382 e. The van der Waals surface area contributed by atoms with E-state index in [2.05, 4.69) is 36.5 Å². The predicted octanol–water partition coefficient (Wildman–Crippen LogP) is 5.01. The third kappa shape index (κ3) is 2.93. The van der Waals surface area contributed by atoms with E-state index < -0.39 is 0 Å². The molecule has 0 saturated heterocycles. The number of rotatable bonds is 3. The van der Waals surface area contributed by atoms with Crippen molar-refractivity contribution < 1.29 is 0 Å². The Labute approximate surface area is 119 Å². The van der Waals surface area contributed by atoms with Crippen LogP contribution in [0.25, 0.3) is 0 Å². The van der Waals surface area contributed by atoms with Crippen LogP contribution in [0.15, 0.2) is 48.5 Å². The Hall–Kier alpha value is -1.47. The molecule has 2 aromatic rings. The van der Waals surface area contributed by atoms with Crippen LogP contribution in [-0.2, 0) is 0 Å². The van der Waals surface area contributed by atoms with Crippen molar-refractivity contribution in [1.82, 2.24) is 0 Å². The van der Waals surface area contributed by atoms with Gasteiger partial charge < -0.3 is 5.32 Å². The second kappa shape index (κ2) is 5.26. The molecule has 0 heterocycles. The number of anilines is 1. The molecule has 0 unspecified atom stereocenters. The lowest BCUT2D eigenvalue weighted by Crippen LogP contribution is -2.33. The van der Waals surface area contributed by atoms with Crippen LogP contribution >= 0.6 is 11.6 Å². The number of halogens is 1. The molecule has 1 nitrogen and oxygen atoms in total. The van der Waals surface area contributed by atoms with Crippen LogP contribution in [0.2, 0.25) is 5.02 Å².